The van der Waals surface area contributed by atoms with Gasteiger partial charge in [-0.05, 0) is 136 Å². The Balaban J connectivity index is 2.66. The monoisotopic (exact) mass is 462 g/mol. The second kappa shape index (κ2) is 10.4. The lowest BCUT2D eigenvalue weighted by Crippen LogP contribution is -2.12. The average molecular weight is 463 g/mol. The number of carbonyl (C=O) groups is 2. The van der Waals surface area contributed by atoms with Crippen molar-refractivity contribution in [2.45, 2.75) is 82.5 Å². The van der Waals surface area contributed by atoms with Crippen LogP contribution in [0.3, 0.4) is 0 Å². The van der Waals surface area contributed by atoms with Gasteiger partial charge in [0.1, 0.15) is 13.2 Å². The van der Waals surface area contributed by atoms with Gasteiger partial charge in [0.15, 0.2) is 0 Å². The minimum atomic E-state index is -0.376. The maximum absolute atomic E-state index is 12.0. The van der Waals surface area contributed by atoms with E-state index in [2.05, 4.69) is 68.5 Å². The number of rotatable bonds is 7. The molecule has 0 aromatic heterocycles. The van der Waals surface area contributed by atoms with Crippen LogP contribution < -0.4 is 0 Å². The Morgan fingerprint density at radius 2 is 0.765 bits per heavy atom. The minimum absolute atomic E-state index is 0.231. The molecule has 2 aromatic carbocycles. The first-order chi connectivity index (χ1) is 15.7. The first-order valence-corrected chi connectivity index (χ1v) is 11.6. The van der Waals surface area contributed by atoms with Crippen molar-refractivity contribution in [3.05, 3.63) is 79.9 Å². The largest absolute Gasteiger partial charge is 0.457 e. The fourth-order valence-corrected chi connectivity index (χ4v) is 4.49. The molecule has 0 spiro atoms. The van der Waals surface area contributed by atoms with E-state index in [0.717, 1.165) is 33.4 Å². The summed E-state index contributed by atoms with van der Waals surface area (Å²) in [5.41, 5.74) is 14.5. The zero-order chi connectivity index (χ0) is 26.1. The summed E-state index contributed by atoms with van der Waals surface area (Å²) in [4.78, 5) is 23.9. The summed E-state index contributed by atoms with van der Waals surface area (Å²) in [5, 5.41) is 0. The second-order valence-electron chi connectivity index (χ2n) is 9.42. The maximum Gasteiger partial charge on any atom is 0.333 e. The Kier molecular flexibility index (Phi) is 8.31. The van der Waals surface area contributed by atoms with Crippen molar-refractivity contribution in [2.24, 2.45) is 0 Å². The Morgan fingerprint density at radius 3 is 0.971 bits per heavy atom. The van der Waals surface area contributed by atoms with Gasteiger partial charge in [-0.2, -0.15) is 0 Å². The predicted octanol–water partition coefficient (Wildman–Crippen LogP) is 7.06. The molecule has 0 unspecified atom stereocenters. The zero-order valence-corrected chi connectivity index (χ0v) is 22.5. The summed E-state index contributed by atoms with van der Waals surface area (Å²) in [6.45, 7) is 28.0. The van der Waals surface area contributed by atoms with E-state index < -0.39 is 0 Å². The van der Waals surface area contributed by atoms with E-state index in [1.165, 1.54) is 33.4 Å². The van der Waals surface area contributed by atoms with Crippen LogP contribution in [0.1, 0.15) is 69.5 Å². The van der Waals surface area contributed by atoms with Crippen LogP contribution in [0.4, 0.5) is 0 Å². The summed E-state index contributed by atoms with van der Waals surface area (Å²) < 4.78 is 11.0. The molecule has 0 saturated carbocycles. The Labute approximate surface area is 204 Å². The summed E-state index contributed by atoms with van der Waals surface area (Å²) >= 11 is 0. The van der Waals surface area contributed by atoms with Crippen LogP contribution in [0.15, 0.2) is 24.3 Å². The highest BCUT2D eigenvalue weighted by Crippen LogP contribution is 2.41. The van der Waals surface area contributed by atoms with Crippen molar-refractivity contribution < 1.29 is 19.1 Å². The quantitative estimate of drug-likeness (QED) is 0.326. The fraction of sp³-hybridized carbons (Fsp3) is 0.400. The van der Waals surface area contributed by atoms with Crippen LogP contribution in [-0.2, 0) is 32.3 Å². The molecule has 0 amide bonds. The molecule has 2 aromatic rings. The van der Waals surface area contributed by atoms with E-state index in [1.54, 1.807) is 13.8 Å². The normalized spacial score (nSPS) is 10.8. The molecular formula is C30H38O4. The van der Waals surface area contributed by atoms with Crippen LogP contribution in [0.25, 0.3) is 11.1 Å². The highest BCUT2D eigenvalue weighted by molar-refractivity contribution is 5.87. The molecule has 182 valence electrons. The van der Waals surface area contributed by atoms with Gasteiger partial charge in [-0.15, -0.1) is 0 Å². The standard InChI is InChI=1S/C30H38O4/c1-15(2)29(31)33-13-25-17(5)21(9)27(22(10)18(25)6)28-23(11)19(7)26(20(8)24(28)12)14-34-30(32)16(3)4/h1,3,13-14H2,2,4-12H3. The molecule has 0 aliphatic rings. The third kappa shape index (κ3) is 5.01. The second-order valence-corrected chi connectivity index (χ2v) is 9.42. The third-order valence-corrected chi connectivity index (χ3v) is 7.20. The van der Waals surface area contributed by atoms with E-state index >= 15 is 0 Å². The highest BCUT2D eigenvalue weighted by atomic mass is 16.5. The summed E-state index contributed by atoms with van der Waals surface area (Å²) in [5.74, 6) is -0.752. The molecule has 0 aliphatic heterocycles. The van der Waals surface area contributed by atoms with Crippen molar-refractivity contribution in [3.63, 3.8) is 0 Å². The van der Waals surface area contributed by atoms with Gasteiger partial charge in [0.25, 0.3) is 0 Å². The molecule has 0 atom stereocenters. The van der Waals surface area contributed by atoms with Gasteiger partial charge in [-0.1, -0.05) is 13.2 Å². The Hall–Kier alpha value is -3.14. The molecule has 0 aliphatic carbocycles. The number of carbonyl (C=O) groups excluding carboxylic acids is 2. The van der Waals surface area contributed by atoms with Gasteiger partial charge < -0.3 is 9.47 Å². The lowest BCUT2D eigenvalue weighted by atomic mass is 9.80. The fourth-order valence-electron chi connectivity index (χ4n) is 4.49. The van der Waals surface area contributed by atoms with E-state index in [0.29, 0.717) is 11.1 Å². The van der Waals surface area contributed by atoms with Gasteiger partial charge in [0.05, 0.1) is 0 Å². The molecule has 4 nitrogen and oxygen atoms in total. The number of hydrogen-bond acceptors (Lipinski definition) is 4. The first-order valence-electron chi connectivity index (χ1n) is 11.6. The predicted molar refractivity (Wildman–Crippen MR) is 139 cm³/mol. The number of esters is 2. The number of hydrogen-bond donors (Lipinski definition) is 0. The van der Waals surface area contributed by atoms with Gasteiger partial charge in [0.2, 0.25) is 0 Å². The number of ether oxygens (including phenoxy) is 2. The van der Waals surface area contributed by atoms with Gasteiger partial charge in [-0.3, -0.25) is 0 Å². The van der Waals surface area contributed by atoms with E-state index in [1.807, 2.05) is 0 Å². The first kappa shape index (κ1) is 27.1. The SMILES string of the molecule is C=C(C)C(=O)OCc1c(C)c(C)c(-c2c(C)c(C)c(COC(=O)C(=C)C)c(C)c2C)c(C)c1C. The zero-order valence-electron chi connectivity index (χ0n) is 22.5. The molecule has 0 bridgehead atoms. The molecule has 0 heterocycles. The third-order valence-electron chi connectivity index (χ3n) is 7.20. The van der Waals surface area contributed by atoms with Crippen LogP contribution in [0.5, 0.6) is 0 Å². The van der Waals surface area contributed by atoms with E-state index in [4.69, 9.17) is 9.47 Å². The lowest BCUT2D eigenvalue weighted by molar-refractivity contribution is -0.141. The highest BCUT2D eigenvalue weighted by Gasteiger charge is 2.23. The van der Waals surface area contributed by atoms with E-state index in [9.17, 15) is 9.59 Å². The average Bonchev–Trinajstić information content (AvgIpc) is 2.77. The van der Waals surface area contributed by atoms with Gasteiger partial charge in [-0.25, -0.2) is 9.59 Å². The van der Waals surface area contributed by atoms with Crippen LogP contribution in [-0.4, -0.2) is 11.9 Å². The minimum Gasteiger partial charge on any atom is -0.457 e. The topological polar surface area (TPSA) is 52.6 Å². The van der Waals surface area contributed by atoms with Crippen molar-refractivity contribution in [2.75, 3.05) is 0 Å². The molecule has 0 N–H and O–H groups in total. The molecule has 0 radical (unpaired) electrons. The lowest BCUT2D eigenvalue weighted by Gasteiger charge is -2.26. The van der Waals surface area contributed by atoms with Crippen molar-refractivity contribution in [1.82, 2.24) is 0 Å². The van der Waals surface area contributed by atoms with Crippen LogP contribution in [0.2, 0.25) is 0 Å². The molecule has 4 heteroatoms. The molecule has 0 saturated heterocycles. The summed E-state index contributed by atoms with van der Waals surface area (Å²) in [7, 11) is 0. The molecule has 0 fully saturated rings. The molecule has 34 heavy (non-hydrogen) atoms. The summed E-state index contributed by atoms with van der Waals surface area (Å²) in [6, 6.07) is 0. The van der Waals surface area contributed by atoms with Crippen molar-refractivity contribution in [3.8, 4) is 11.1 Å². The van der Waals surface area contributed by atoms with Crippen molar-refractivity contribution in [1.29, 1.82) is 0 Å². The maximum atomic E-state index is 12.0. The Bertz CT molecular complexity index is 1060. The van der Waals surface area contributed by atoms with Crippen LogP contribution >= 0.6 is 0 Å². The van der Waals surface area contributed by atoms with Gasteiger partial charge in [0, 0.05) is 11.1 Å². The van der Waals surface area contributed by atoms with E-state index in [-0.39, 0.29) is 25.2 Å². The van der Waals surface area contributed by atoms with Crippen molar-refractivity contribution >= 4 is 11.9 Å². The van der Waals surface area contributed by atoms with Crippen LogP contribution in [0, 0.1) is 55.4 Å². The molecule has 2 rings (SSSR count). The summed E-state index contributed by atoms with van der Waals surface area (Å²) in [6.07, 6.45) is 0. The Morgan fingerprint density at radius 1 is 0.529 bits per heavy atom. The smallest absolute Gasteiger partial charge is 0.333 e. The number of benzene rings is 2. The van der Waals surface area contributed by atoms with Gasteiger partial charge >= 0.3 is 11.9 Å². The molecular weight excluding hydrogens is 424 g/mol.